The zero-order valence-electron chi connectivity index (χ0n) is 15.2. The Morgan fingerprint density at radius 1 is 0.889 bits per heavy atom. The maximum atomic E-state index is 12.6. The molecule has 0 amide bonds. The quantitative estimate of drug-likeness (QED) is 0.376. The van der Waals surface area contributed by atoms with Gasteiger partial charge in [-0.1, -0.05) is 30.3 Å². The molecule has 0 spiro atoms. The Labute approximate surface area is 157 Å². The highest BCUT2D eigenvalue weighted by Gasteiger charge is 2.18. The molecule has 0 unspecified atom stereocenters. The van der Waals surface area contributed by atoms with E-state index in [0.717, 1.165) is 33.0 Å². The van der Waals surface area contributed by atoms with Crippen molar-refractivity contribution in [2.75, 3.05) is 7.11 Å². The summed E-state index contributed by atoms with van der Waals surface area (Å²) in [6.07, 6.45) is 1.74. The lowest BCUT2D eigenvalue weighted by Gasteiger charge is -2.13. The minimum Gasteiger partial charge on any atom is -0.497 e. The number of carbonyl (C=O) groups is 1. The number of methoxy groups -OCH3 is 1. The lowest BCUT2D eigenvalue weighted by molar-refractivity contribution is -0.135. The fraction of sp³-hybridized carbons (Fsp3) is 0.130. The van der Waals surface area contributed by atoms with Crippen molar-refractivity contribution in [1.29, 1.82) is 0 Å². The Morgan fingerprint density at radius 3 is 2.48 bits per heavy atom. The van der Waals surface area contributed by atoms with Crippen molar-refractivity contribution in [3.63, 3.8) is 0 Å². The molecule has 134 valence electrons. The molecule has 3 aromatic carbocycles. The molecule has 1 atom stereocenters. The summed E-state index contributed by atoms with van der Waals surface area (Å²) in [5, 5.41) is 3.07. The molecule has 0 bridgehead atoms. The number of hydrogen-bond acceptors (Lipinski definition) is 4. The first-order valence-electron chi connectivity index (χ1n) is 8.78. The van der Waals surface area contributed by atoms with Crippen LogP contribution in [-0.2, 0) is 4.79 Å². The number of esters is 1. The van der Waals surface area contributed by atoms with Gasteiger partial charge in [0.05, 0.1) is 18.5 Å². The van der Waals surface area contributed by atoms with Gasteiger partial charge in [-0.15, -0.1) is 0 Å². The van der Waals surface area contributed by atoms with Crippen LogP contribution in [0.4, 0.5) is 0 Å². The number of rotatable bonds is 4. The van der Waals surface area contributed by atoms with Crippen molar-refractivity contribution in [2.45, 2.75) is 12.8 Å². The first kappa shape index (κ1) is 17.0. The lowest BCUT2D eigenvalue weighted by atomic mass is 9.98. The molecule has 0 saturated carbocycles. The van der Waals surface area contributed by atoms with Gasteiger partial charge in [-0.3, -0.25) is 9.78 Å². The highest BCUT2D eigenvalue weighted by molar-refractivity contribution is 5.88. The van der Waals surface area contributed by atoms with Crippen LogP contribution in [0.3, 0.4) is 0 Å². The SMILES string of the molecule is COc1ccc2cc([C@@H](C)C(=O)Oc3ccc4ncccc4c3)ccc2c1. The molecule has 0 radical (unpaired) electrons. The zero-order chi connectivity index (χ0) is 18.8. The Morgan fingerprint density at radius 2 is 1.63 bits per heavy atom. The average Bonchev–Trinajstić information content (AvgIpc) is 2.72. The predicted molar refractivity (Wildman–Crippen MR) is 106 cm³/mol. The van der Waals surface area contributed by atoms with Gasteiger partial charge in [-0.2, -0.15) is 0 Å². The van der Waals surface area contributed by atoms with Gasteiger partial charge >= 0.3 is 5.97 Å². The summed E-state index contributed by atoms with van der Waals surface area (Å²) in [5.74, 6) is 0.679. The second-order valence-corrected chi connectivity index (χ2v) is 6.47. The van der Waals surface area contributed by atoms with Crippen LogP contribution in [0.15, 0.2) is 72.9 Å². The normalized spacial score (nSPS) is 12.1. The van der Waals surface area contributed by atoms with Gasteiger partial charge in [0.2, 0.25) is 0 Å². The van der Waals surface area contributed by atoms with Crippen LogP contribution in [0.1, 0.15) is 18.4 Å². The van der Waals surface area contributed by atoms with Gasteiger partial charge in [0.25, 0.3) is 0 Å². The Bertz CT molecular complexity index is 1140. The third-order valence-corrected chi connectivity index (χ3v) is 4.72. The van der Waals surface area contributed by atoms with Gasteiger partial charge in [0.15, 0.2) is 0 Å². The first-order chi connectivity index (χ1) is 13.1. The highest BCUT2D eigenvalue weighted by atomic mass is 16.5. The molecule has 0 saturated heterocycles. The summed E-state index contributed by atoms with van der Waals surface area (Å²) in [6.45, 7) is 1.86. The van der Waals surface area contributed by atoms with E-state index < -0.39 is 0 Å². The second-order valence-electron chi connectivity index (χ2n) is 6.47. The minimum absolute atomic E-state index is 0.286. The summed E-state index contributed by atoms with van der Waals surface area (Å²) < 4.78 is 10.9. The molecule has 1 aromatic heterocycles. The second kappa shape index (κ2) is 7.08. The van der Waals surface area contributed by atoms with E-state index in [4.69, 9.17) is 9.47 Å². The molecule has 0 fully saturated rings. The van der Waals surface area contributed by atoms with Crippen molar-refractivity contribution in [2.24, 2.45) is 0 Å². The van der Waals surface area contributed by atoms with Gasteiger partial charge < -0.3 is 9.47 Å². The minimum atomic E-state index is -0.374. The predicted octanol–water partition coefficient (Wildman–Crippen LogP) is 5.11. The molecule has 4 rings (SSSR count). The number of pyridine rings is 1. The van der Waals surface area contributed by atoms with Crippen molar-refractivity contribution in [3.8, 4) is 11.5 Å². The summed E-state index contributed by atoms with van der Waals surface area (Å²) in [5.41, 5.74) is 1.79. The van der Waals surface area contributed by atoms with Crippen LogP contribution < -0.4 is 9.47 Å². The lowest BCUT2D eigenvalue weighted by Crippen LogP contribution is -2.16. The fourth-order valence-corrected chi connectivity index (χ4v) is 3.10. The van der Waals surface area contributed by atoms with Gasteiger partial charge in [-0.05, 0) is 59.7 Å². The number of aromatic nitrogens is 1. The van der Waals surface area contributed by atoms with Crippen LogP contribution in [0.25, 0.3) is 21.7 Å². The molecule has 0 N–H and O–H groups in total. The van der Waals surface area contributed by atoms with Crippen LogP contribution in [0, 0.1) is 0 Å². The van der Waals surface area contributed by atoms with E-state index in [1.165, 1.54) is 0 Å². The van der Waals surface area contributed by atoms with Crippen LogP contribution in [0.2, 0.25) is 0 Å². The fourth-order valence-electron chi connectivity index (χ4n) is 3.10. The summed E-state index contributed by atoms with van der Waals surface area (Å²) >= 11 is 0. The summed E-state index contributed by atoms with van der Waals surface area (Å²) in [4.78, 5) is 16.9. The topological polar surface area (TPSA) is 48.4 Å². The van der Waals surface area contributed by atoms with Gasteiger partial charge in [-0.25, -0.2) is 0 Å². The maximum Gasteiger partial charge on any atom is 0.318 e. The third kappa shape index (κ3) is 3.47. The van der Waals surface area contributed by atoms with E-state index in [1.807, 2.05) is 67.6 Å². The van der Waals surface area contributed by atoms with Crippen molar-refractivity contribution >= 4 is 27.6 Å². The van der Waals surface area contributed by atoms with Crippen molar-refractivity contribution in [1.82, 2.24) is 4.98 Å². The van der Waals surface area contributed by atoms with E-state index in [-0.39, 0.29) is 11.9 Å². The number of nitrogens with zero attached hydrogens (tertiary/aromatic N) is 1. The average molecular weight is 357 g/mol. The summed E-state index contributed by atoms with van der Waals surface area (Å²) in [6, 6.07) is 21.1. The molecular weight excluding hydrogens is 338 g/mol. The smallest absolute Gasteiger partial charge is 0.318 e. The van der Waals surface area contributed by atoms with Crippen LogP contribution >= 0.6 is 0 Å². The maximum absolute atomic E-state index is 12.6. The van der Waals surface area contributed by atoms with E-state index in [2.05, 4.69) is 4.98 Å². The van der Waals surface area contributed by atoms with Crippen LogP contribution in [-0.4, -0.2) is 18.1 Å². The van der Waals surface area contributed by atoms with E-state index >= 15 is 0 Å². The third-order valence-electron chi connectivity index (χ3n) is 4.72. The van der Waals surface area contributed by atoms with Crippen LogP contribution in [0.5, 0.6) is 11.5 Å². The van der Waals surface area contributed by atoms with Gasteiger partial charge in [0.1, 0.15) is 11.5 Å². The summed E-state index contributed by atoms with van der Waals surface area (Å²) in [7, 11) is 1.65. The standard InChI is InChI=1S/C23H19NO3/c1-15(16-5-6-18-13-20(26-2)8-7-17(18)12-16)23(25)27-21-9-10-22-19(14-21)4-3-11-24-22/h3-15H,1-2H3/t15-/m1/s1. The van der Waals surface area contributed by atoms with Gasteiger partial charge in [0, 0.05) is 11.6 Å². The molecule has 0 aliphatic carbocycles. The molecule has 4 heteroatoms. The molecular formula is C23H19NO3. The number of benzene rings is 3. The molecule has 0 aliphatic rings. The Balaban J connectivity index is 1.56. The van der Waals surface area contributed by atoms with E-state index in [0.29, 0.717) is 5.75 Å². The first-order valence-corrected chi connectivity index (χ1v) is 8.78. The monoisotopic (exact) mass is 357 g/mol. The molecule has 4 aromatic rings. The molecule has 0 aliphatic heterocycles. The highest BCUT2D eigenvalue weighted by Crippen LogP contribution is 2.27. The van der Waals surface area contributed by atoms with E-state index in [9.17, 15) is 4.79 Å². The molecule has 4 nitrogen and oxygen atoms in total. The largest absolute Gasteiger partial charge is 0.497 e. The zero-order valence-corrected chi connectivity index (χ0v) is 15.2. The Hall–Kier alpha value is -3.40. The Kier molecular flexibility index (Phi) is 4.47. The molecule has 1 heterocycles. The molecule has 27 heavy (non-hydrogen) atoms. The van der Waals surface area contributed by atoms with Crippen molar-refractivity contribution < 1.29 is 14.3 Å². The van der Waals surface area contributed by atoms with Crippen molar-refractivity contribution in [3.05, 3.63) is 78.5 Å². The number of fused-ring (bicyclic) bond motifs is 2. The number of ether oxygens (including phenoxy) is 2. The number of carbonyl (C=O) groups excluding carboxylic acids is 1. The van der Waals surface area contributed by atoms with E-state index in [1.54, 1.807) is 19.4 Å². The number of hydrogen-bond donors (Lipinski definition) is 0.